The maximum atomic E-state index is 5.99. The molecule has 0 spiro atoms. The van der Waals surface area contributed by atoms with Crippen molar-refractivity contribution in [3.63, 3.8) is 0 Å². The molecule has 0 aromatic carbocycles. The quantitative estimate of drug-likeness (QED) is 0.875. The highest BCUT2D eigenvalue weighted by molar-refractivity contribution is 5.01. The number of hydrogen-bond donors (Lipinski definition) is 1. The van der Waals surface area contributed by atoms with Crippen LogP contribution in [0.15, 0.2) is 6.33 Å². The Balaban J connectivity index is 1.74. The number of rotatable bonds is 2. The van der Waals surface area contributed by atoms with Crippen molar-refractivity contribution >= 4 is 0 Å². The normalized spacial score (nSPS) is 30.5. The van der Waals surface area contributed by atoms with Gasteiger partial charge in [0.25, 0.3) is 0 Å². The molecule has 2 aliphatic carbocycles. The van der Waals surface area contributed by atoms with Crippen molar-refractivity contribution in [2.75, 3.05) is 0 Å². The molecular formula is C14H24N4. The minimum absolute atomic E-state index is 0.410. The van der Waals surface area contributed by atoms with Crippen LogP contribution in [0.5, 0.6) is 0 Å². The van der Waals surface area contributed by atoms with E-state index in [-0.39, 0.29) is 0 Å². The van der Waals surface area contributed by atoms with Crippen LogP contribution < -0.4 is 5.73 Å². The fraction of sp³-hybridized carbons (Fsp3) is 0.857. The summed E-state index contributed by atoms with van der Waals surface area (Å²) in [5.74, 6) is 1.82. The Morgan fingerprint density at radius 2 is 1.72 bits per heavy atom. The SMILES string of the molecule is NC1CCC(c2nncn2C2CCCCC2)CC1. The first-order chi connectivity index (χ1) is 8.84. The van der Waals surface area contributed by atoms with Gasteiger partial charge in [-0.3, -0.25) is 0 Å². The second-order valence-corrected chi connectivity index (χ2v) is 6.00. The third kappa shape index (κ3) is 2.44. The minimum Gasteiger partial charge on any atom is -0.328 e. The van der Waals surface area contributed by atoms with Gasteiger partial charge in [0.2, 0.25) is 0 Å². The van der Waals surface area contributed by atoms with Gasteiger partial charge in [-0.2, -0.15) is 0 Å². The molecule has 2 saturated carbocycles. The number of hydrogen-bond acceptors (Lipinski definition) is 3. The zero-order chi connectivity index (χ0) is 12.4. The largest absolute Gasteiger partial charge is 0.328 e. The molecule has 1 aromatic rings. The van der Waals surface area contributed by atoms with Gasteiger partial charge in [0, 0.05) is 18.0 Å². The van der Waals surface area contributed by atoms with Gasteiger partial charge in [0.05, 0.1) is 0 Å². The van der Waals surface area contributed by atoms with Gasteiger partial charge in [-0.15, -0.1) is 10.2 Å². The summed E-state index contributed by atoms with van der Waals surface area (Å²) in [4.78, 5) is 0. The number of nitrogens with two attached hydrogens (primary N) is 1. The molecule has 2 N–H and O–H groups in total. The van der Waals surface area contributed by atoms with Gasteiger partial charge in [0.15, 0.2) is 0 Å². The molecule has 1 aromatic heterocycles. The van der Waals surface area contributed by atoms with E-state index in [2.05, 4.69) is 14.8 Å². The zero-order valence-electron chi connectivity index (χ0n) is 11.1. The van der Waals surface area contributed by atoms with Gasteiger partial charge in [-0.25, -0.2) is 0 Å². The topological polar surface area (TPSA) is 56.7 Å². The first-order valence-electron chi connectivity index (χ1n) is 7.49. The molecule has 18 heavy (non-hydrogen) atoms. The van der Waals surface area contributed by atoms with Gasteiger partial charge >= 0.3 is 0 Å². The van der Waals surface area contributed by atoms with Crippen molar-refractivity contribution in [2.45, 2.75) is 75.8 Å². The Hall–Kier alpha value is -0.900. The van der Waals surface area contributed by atoms with Crippen LogP contribution in [0.3, 0.4) is 0 Å². The van der Waals surface area contributed by atoms with Gasteiger partial charge in [-0.05, 0) is 38.5 Å². The lowest BCUT2D eigenvalue weighted by Crippen LogP contribution is -2.27. The lowest BCUT2D eigenvalue weighted by atomic mass is 9.85. The van der Waals surface area contributed by atoms with E-state index in [0.29, 0.717) is 18.0 Å². The Kier molecular flexibility index (Phi) is 3.64. The summed E-state index contributed by atoms with van der Waals surface area (Å²) >= 11 is 0. The summed E-state index contributed by atoms with van der Waals surface area (Å²) in [7, 11) is 0. The predicted molar refractivity (Wildman–Crippen MR) is 71.3 cm³/mol. The average Bonchev–Trinajstić information content (AvgIpc) is 2.90. The molecule has 100 valence electrons. The Labute approximate surface area is 109 Å². The van der Waals surface area contributed by atoms with Crippen LogP contribution in [0.4, 0.5) is 0 Å². The van der Waals surface area contributed by atoms with Crippen LogP contribution >= 0.6 is 0 Å². The smallest absolute Gasteiger partial charge is 0.136 e. The fourth-order valence-corrected chi connectivity index (χ4v) is 3.56. The maximum Gasteiger partial charge on any atom is 0.136 e. The molecule has 3 rings (SSSR count). The minimum atomic E-state index is 0.410. The molecule has 2 aliphatic rings. The number of aromatic nitrogens is 3. The van der Waals surface area contributed by atoms with Crippen LogP contribution in [0.1, 0.15) is 75.6 Å². The fourth-order valence-electron chi connectivity index (χ4n) is 3.56. The third-order valence-corrected chi connectivity index (χ3v) is 4.71. The Morgan fingerprint density at radius 1 is 1.00 bits per heavy atom. The van der Waals surface area contributed by atoms with Crippen LogP contribution in [0.2, 0.25) is 0 Å². The van der Waals surface area contributed by atoms with Gasteiger partial charge < -0.3 is 10.3 Å². The molecule has 0 amide bonds. The van der Waals surface area contributed by atoms with Crippen LogP contribution in [0, 0.1) is 0 Å². The molecule has 0 radical (unpaired) electrons. The van der Waals surface area contributed by atoms with E-state index in [0.717, 1.165) is 12.8 Å². The molecule has 2 fully saturated rings. The highest BCUT2D eigenvalue weighted by Crippen LogP contribution is 2.35. The standard InChI is InChI=1S/C14H24N4/c15-12-8-6-11(7-9-12)14-17-16-10-18(14)13-4-2-1-3-5-13/h10-13H,1-9,15H2. The van der Waals surface area contributed by atoms with E-state index in [1.165, 1.54) is 50.8 Å². The monoisotopic (exact) mass is 248 g/mol. The molecule has 0 bridgehead atoms. The summed E-state index contributed by atoms with van der Waals surface area (Å²) in [6.45, 7) is 0. The van der Waals surface area contributed by atoms with Crippen LogP contribution in [-0.2, 0) is 0 Å². The van der Waals surface area contributed by atoms with Gasteiger partial charge in [-0.1, -0.05) is 19.3 Å². The van der Waals surface area contributed by atoms with Gasteiger partial charge in [0.1, 0.15) is 12.2 Å². The first-order valence-corrected chi connectivity index (χ1v) is 7.49. The highest BCUT2D eigenvalue weighted by Gasteiger charge is 2.26. The Morgan fingerprint density at radius 3 is 2.44 bits per heavy atom. The first kappa shape index (κ1) is 12.2. The molecular weight excluding hydrogens is 224 g/mol. The molecule has 4 heteroatoms. The lowest BCUT2D eigenvalue weighted by molar-refractivity contribution is 0.320. The summed E-state index contributed by atoms with van der Waals surface area (Å²) < 4.78 is 2.38. The summed E-state index contributed by atoms with van der Waals surface area (Å²) in [6, 6.07) is 1.06. The van der Waals surface area contributed by atoms with Crippen molar-refractivity contribution in [2.24, 2.45) is 5.73 Å². The molecule has 0 saturated heterocycles. The second-order valence-electron chi connectivity index (χ2n) is 6.00. The molecule has 4 nitrogen and oxygen atoms in total. The van der Waals surface area contributed by atoms with E-state index < -0.39 is 0 Å². The van der Waals surface area contributed by atoms with E-state index in [1.54, 1.807) is 0 Å². The zero-order valence-corrected chi connectivity index (χ0v) is 11.1. The third-order valence-electron chi connectivity index (χ3n) is 4.71. The van der Waals surface area contributed by atoms with Crippen molar-refractivity contribution in [1.82, 2.24) is 14.8 Å². The number of nitrogens with zero attached hydrogens (tertiary/aromatic N) is 3. The van der Waals surface area contributed by atoms with Crippen LogP contribution in [0.25, 0.3) is 0 Å². The highest BCUT2D eigenvalue weighted by atomic mass is 15.3. The molecule has 0 atom stereocenters. The Bertz CT molecular complexity index is 373. The lowest BCUT2D eigenvalue weighted by Gasteiger charge is -2.29. The van der Waals surface area contributed by atoms with E-state index in [1.807, 2.05) is 6.33 Å². The second kappa shape index (κ2) is 5.39. The molecule has 0 unspecified atom stereocenters. The maximum absolute atomic E-state index is 5.99. The van der Waals surface area contributed by atoms with E-state index in [4.69, 9.17) is 5.73 Å². The summed E-state index contributed by atoms with van der Waals surface area (Å²) in [5, 5.41) is 8.59. The van der Waals surface area contributed by atoms with Crippen LogP contribution in [-0.4, -0.2) is 20.8 Å². The van der Waals surface area contributed by atoms with Crippen molar-refractivity contribution in [3.8, 4) is 0 Å². The van der Waals surface area contributed by atoms with E-state index >= 15 is 0 Å². The summed E-state index contributed by atoms with van der Waals surface area (Å²) in [6.07, 6.45) is 13.3. The molecule has 1 heterocycles. The summed E-state index contributed by atoms with van der Waals surface area (Å²) in [5.41, 5.74) is 5.99. The molecule has 0 aliphatic heterocycles. The average molecular weight is 248 g/mol. The van der Waals surface area contributed by atoms with E-state index in [9.17, 15) is 0 Å². The predicted octanol–water partition coefficient (Wildman–Crippen LogP) is 2.77. The van der Waals surface area contributed by atoms with Crippen molar-refractivity contribution in [1.29, 1.82) is 0 Å². The van der Waals surface area contributed by atoms with Crippen molar-refractivity contribution < 1.29 is 0 Å². The van der Waals surface area contributed by atoms with Crippen molar-refractivity contribution in [3.05, 3.63) is 12.2 Å².